The molecule has 58 heavy (non-hydrogen) atoms. The van der Waals surface area contributed by atoms with Gasteiger partial charge in [-0.2, -0.15) is 0 Å². The SMILES string of the molecule is C/C=C(/C)C(=O)O[C@@H]1Cc2c3c(c4oc(CO)cc(=O)c4c2O)[C@@H](c2ccnc(N)c2)[C@](CO)(c2cccc(O)c2)C#CC[C@@H](Cc2ccc(NCC)nc2)[C@]1(C)O3. The third kappa shape index (κ3) is 6.99. The predicted octanol–water partition coefficient (Wildman–Crippen LogP) is 5.40. The zero-order valence-electron chi connectivity index (χ0n) is 32.7. The third-order valence-corrected chi connectivity index (χ3v) is 11.5. The van der Waals surface area contributed by atoms with Crippen LogP contribution < -0.4 is 21.2 Å². The van der Waals surface area contributed by atoms with E-state index in [1.807, 2.05) is 26.0 Å². The van der Waals surface area contributed by atoms with Crippen LogP contribution in [0.1, 0.15) is 73.6 Å². The number of hydrogen-bond donors (Lipinski definition) is 6. The number of nitrogens with one attached hydrogen (secondary N) is 1. The van der Waals surface area contributed by atoms with E-state index in [4.69, 9.17) is 19.6 Å². The molecule has 0 saturated carbocycles. The molecule has 300 valence electrons. The molecule has 2 bridgehead atoms. The van der Waals surface area contributed by atoms with E-state index in [1.165, 1.54) is 18.3 Å². The highest BCUT2D eigenvalue weighted by Crippen LogP contribution is 2.56. The minimum absolute atomic E-state index is 0.0832. The first-order valence-corrected chi connectivity index (χ1v) is 19.2. The number of aromatic hydroxyl groups is 2. The van der Waals surface area contributed by atoms with Gasteiger partial charge in [-0.15, -0.1) is 5.92 Å². The second-order valence-electron chi connectivity index (χ2n) is 15.0. The summed E-state index contributed by atoms with van der Waals surface area (Å²) in [7, 11) is 0. The minimum Gasteiger partial charge on any atom is -0.508 e. The molecule has 5 aromatic rings. The van der Waals surface area contributed by atoms with Crippen molar-refractivity contribution >= 4 is 28.6 Å². The summed E-state index contributed by atoms with van der Waals surface area (Å²) in [4.78, 5) is 36.4. The molecule has 0 amide bonds. The Morgan fingerprint density at radius 2 is 1.95 bits per heavy atom. The van der Waals surface area contributed by atoms with E-state index in [0.29, 0.717) is 35.5 Å². The Hall–Kier alpha value is -6.36. The van der Waals surface area contributed by atoms with Crippen molar-refractivity contribution in [1.29, 1.82) is 0 Å². The average Bonchev–Trinajstić information content (AvgIpc) is 3.21. The summed E-state index contributed by atoms with van der Waals surface area (Å²) in [6.07, 6.45) is 4.34. The lowest BCUT2D eigenvalue weighted by molar-refractivity contribution is -0.164. The van der Waals surface area contributed by atoms with Gasteiger partial charge in [-0.05, 0) is 81.1 Å². The number of nitrogens with two attached hydrogens (primary N) is 1. The van der Waals surface area contributed by atoms with E-state index in [-0.39, 0.29) is 58.0 Å². The van der Waals surface area contributed by atoms with Gasteiger partial charge in [-0.3, -0.25) is 4.79 Å². The number of carbonyl (C=O) groups is 1. The summed E-state index contributed by atoms with van der Waals surface area (Å²) >= 11 is 0. The molecule has 0 saturated heterocycles. The monoisotopic (exact) mass is 786 g/mol. The smallest absolute Gasteiger partial charge is 0.333 e. The van der Waals surface area contributed by atoms with Gasteiger partial charge in [0.1, 0.15) is 63.9 Å². The number of benzene rings is 2. The molecule has 0 unspecified atom stereocenters. The highest BCUT2D eigenvalue weighted by molar-refractivity contribution is 5.92. The highest BCUT2D eigenvalue weighted by atomic mass is 16.6. The number of allylic oxidation sites excluding steroid dienone is 1. The molecule has 5 atom stereocenters. The molecule has 2 aliphatic heterocycles. The van der Waals surface area contributed by atoms with Crippen molar-refractivity contribution in [3.63, 3.8) is 0 Å². The largest absolute Gasteiger partial charge is 0.508 e. The summed E-state index contributed by atoms with van der Waals surface area (Å²) in [6, 6.07) is 14.6. The standard InChI is InChI=1S/C45H46N4O9/c1-5-25(3)43(55)57-34-21-32-40(54)37-33(53)20-31(23-50)56-42(37)38-39(27-14-16-48-35(46)18-27)45(24-51,29-9-7-11-30(52)19-29)15-8-10-28(44(34,4)58-41(32)38)17-26-12-13-36(47-6-2)49-22-26/h5,7,9,11-14,16,18-20,22,28,34,39,50-52,54H,6,10,17,21,23-24H2,1-4H3,(H2,46,48)(H,47,49)/b25-5-/t28-,34+,39+,44-,45+/m0/s1. The number of aliphatic hydroxyl groups is 2. The molecule has 5 heterocycles. The first kappa shape index (κ1) is 39.9. The van der Waals surface area contributed by atoms with Crippen molar-refractivity contribution in [3.8, 4) is 29.1 Å². The predicted molar refractivity (Wildman–Crippen MR) is 217 cm³/mol. The number of hydrogen-bond acceptors (Lipinski definition) is 13. The lowest BCUT2D eigenvalue weighted by Crippen LogP contribution is -2.57. The molecule has 13 nitrogen and oxygen atoms in total. The number of carbonyl (C=O) groups excluding carboxylic acids is 1. The van der Waals surface area contributed by atoms with Gasteiger partial charge < -0.3 is 45.4 Å². The van der Waals surface area contributed by atoms with Crippen LogP contribution in [0.5, 0.6) is 17.2 Å². The minimum atomic E-state index is -1.60. The van der Waals surface area contributed by atoms with Crippen LogP contribution in [0.2, 0.25) is 0 Å². The Bertz CT molecular complexity index is 2540. The van der Waals surface area contributed by atoms with Crippen LogP contribution in [0.15, 0.2) is 87.9 Å². The lowest BCUT2D eigenvalue weighted by Gasteiger charge is -2.48. The Morgan fingerprint density at radius 1 is 1.14 bits per heavy atom. The number of pyridine rings is 2. The summed E-state index contributed by atoms with van der Waals surface area (Å²) in [5.41, 5.74) is 5.11. The Kier molecular flexibility index (Phi) is 10.9. The van der Waals surface area contributed by atoms with Crippen LogP contribution >= 0.6 is 0 Å². The quantitative estimate of drug-likeness (QED) is 0.0596. The number of nitrogens with zero attached hydrogens (tertiary/aromatic N) is 2. The van der Waals surface area contributed by atoms with E-state index in [1.54, 1.807) is 50.4 Å². The number of anilines is 2. The normalized spacial score (nSPS) is 22.7. The van der Waals surface area contributed by atoms with Gasteiger partial charge in [0, 0.05) is 66.4 Å². The highest BCUT2D eigenvalue weighted by Gasteiger charge is 2.54. The van der Waals surface area contributed by atoms with E-state index < -0.39 is 59.3 Å². The Morgan fingerprint density at radius 3 is 2.62 bits per heavy atom. The maximum absolute atomic E-state index is 14.0. The molecule has 13 heteroatoms. The van der Waals surface area contributed by atoms with Crippen LogP contribution in [0, 0.1) is 17.8 Å². The number of ether oxygens (including phenoxy) is 2. The van der Waals surface area contributed by atoms with Gasteiger partial charge in [-0.25, -0.2) is 14.8 Å². The molecule has 7 rings (SSSR count). The van der Waals surface area contributed by atoms with Crippen LogP contribution in [0.25, 0.3) is 11.0 Å². The summed E-state index contributed by atoms with van der Waals surface area (Å²) in [6.45, 7) is 6.63. The molecule has 2 aromatic carbocycles. The van der Waals surface area contributed by atoms with Crippen molar-refractivity contribution in [1.82, 2.24) is 9.97 Å². The number of fused-ring (bicyclic) bond motifs is 3. The maximum Gasteiger partial charge on any atom is 0.333 e. The number of aliphatic hydroxyl groups excluding tert-OH is 2. The molecule has 0 spiro atoms. The number of rotatable bonds is 10. The topological polar surface area (TPSA) is 210 Å². The van der Waals surface area contributed by atoms with Gasteiger partial charge in [-0.1, -0.05) is 30.2 Å². The maximum atomic E-state index is 14.0. The van der Waals surface area contributed by atoms with Gasteiger partial charge in [0.15, 0.2) is 5.43 Å². The number of aromatic nitrogens is 2. The lowest BCUT2D eigenvalue weighted by atomic mass is 9.63. The van der Waals surface area contributed by atoms with Crippen molar-refractivity contribution in [2.45, 2.75) is 76.6 Å². The number of phenolic OH excluding ortho intramolecular Hbond substituents is 2. The van der Waals surface area contributed by atoms with Crippen LogP contribution in [0.3, 0.4) is 0 Å². The zero-order chi connectivity index (χ0) is 41.4. The molecule has 7 N–H and O–H groups in total. The molecule has 0 radical (unpaired) electrons. The van der Waals surface area contributed by atoms with Crippen LogP contribution in [-0.2, 0) is 34.4 Å². The Balaban J connectivity index is 1.62. The zero-order valence-corrected chi connectivity index (χ0v) is 32.7. The van der Waals surface area contributed by atoms with Crippen LogP contribution in [-0.4, -0.2) is 61.2 Å². The van der Waals surface area contributed by atoms with E-state index >= 15 is 0 Å². The van der Waals surface area contributed by atoms with Crippen LogP contribution in [0.4, 0.5) is 11.6 Å². The molecule has 2 aliphatic rings. The van der Waals surface area contributed by atoms with E-state index in [0.717, 1.165) is 11.6 Å². The number of nitrogen functional groups attached to an aromatic ring is 1. The fraction of sp³-hybridized carbons (Fsp3) is 0.333. The molecular formula is C45H46N4O9. The van der Waals surface area contributed by atoms with Crippen molar-refractivity contribution in [3.05, 3.63) is 122 Å². The molecule has 3 aromatic heterocycles. The first-order chi connectivity index (χ1) is 27.9. The number of phenols is 2. The van der Waals surface area contributed by atoms with Gasteiger partial charge in [0.25, 0.3) is 0 Å². The first-order valence-electron chi connectivity index (χ1n) is 19.2. The van der Waals surface area contributed by atoms with Crippen molar-refractivity contribution in [2.24, 2.45) is 5.92 Å². The fourth-order valence-electron chi connectivity index (χ4n) is 8.23. The van der Waals surface area contributed by atoms with Crippen molar-refractivity contribution in [2.75, 3.05) is 24.2 Å². The second kappa shape index (κ2) is 15.9. The molecule has 0 fully saturated rings. The molecular weight excluding hydrogens is 741 g/mol. The van der Waals surface area contributed by atoms with E-state index in [9.17, 15) is 30.0 Å². The summed E-state index contributed by atoms with van der Waals surface area (Å²) in [5, 5.41) is 48.1. The fourth-order valence-corrected chi connectivity index (χ4v) is 8.23. The second-order valence-corrected chi connectivity index (χ2v) is 15.0. The summed E-state index contributed by atoms with van der Waals surface area (Å²) < 4.78 is 19.9. The van der Waals surface area contributed by atoms with Gasteiger partial charge in [0.05, 0.1) is 12.0 Å². The van der Waals surface area contributed by atoms with Crippen molar-refractivity contribution < 1.29 is 39.1 Å². The number of esters is 1. The molecule has 0 aliphatic carbocycles. The van der Waals surface area contributed by atoms with Gasteiger partial charge in [0.2, 0.25) is 0 Å². The van der Waals surface area contributed by atoms with Gasteiger partial charge >= 0.3 is 5.97 Å². The third-order valence-electron chi connectivity index (χ3n) is 11.5. The Labute approximate surface area is 335 Å². The average molecular weight is 787 g/mol. The van der Waals surface area contributed by atoms with E-state index in [2.05, 4.69) is 27.1 Å². The summed E-state index contributed by atoms with van der Waals surface area (Å²) in [5.74, 6) is 4.99.